The van der Waals surface area contributed by atoms with Crippen LogP contribution >= 0.6 is 0 Å². The largest absolute Gasteiger partial charge is 0.478 e. The average molecular weight is 339 g/mol. The van der Waals surface area contributed by atoms with Gasteiger partial charge in [0, 0.05) is 18.3 Å². The zero-order valence-corrected chi connectivity index (χ0v) is 13.5. The Hall–Kier alpha value is -3.35. The van der Waals surface area contributed by atoms with E-state index in [0.717, 1.165) is 0 Å². The number of benzene rings is 2. The Kier molecular flexibility index (Phi) is 4.65. The maximum atomic E-state index is 12.2. The van der Waals surface area contributed by atoms with E-state index in [-0.39, 0.29) is 24.1 Å². The molecule has 2 aromatic carbocycles. The molecule has 0 bridgehead atoms. The summed E-state index contributed by atoms with van der Waals surface area (Å²) in [4.78, 5) is 35.2. The van der Waals surface area contributed by atoms with E-state index in [0.29, 0.717) is 22.8 Å². The Morgan fingerprint density at radius 1 is 1.04 bits per heavy atom. The molecule has 0 saturated carbocycles. The van der Waals surface area contributed by atoms with Crippen LogP contribution in [0.25, 0.3) is 0 Å². The first-order valence-electron chi connectivity index (χ1n) is 7.75. The monoisotopic (exact) mass is 339 g/mol. The highest BCUT2D eigenvalue weighted by molar-refractivity contribution is 6.02. The molecule has 0 radical (unpaired) electrons. The minimum absolute atomic E-state index is 0.104. The topological polar surface area (TPSA) is 96.5 Å². The molecule has 1 aliphatic heterocycles. The summed E-state index contributed by atoms with van der Waals surface area (Å²) in [5.74, 6) is -0.321. The third kappa shape index (κ3) is 4.14. The number of amides is 3. The first-order valence-corrected chi connectivity index (χ1v) is 7.75. The quantitative estimate of drug-likeness (QED) is 0.797. The van der Waals surface area contributed by atoms with Gasteiger partial charge in [-0.3, -0.25) is 14.4 Å². The van der Waals surface area contributed by atoms with Crippen molar-refractivity contribution in [3.63, 3.8) is 0 Å². The molecule has 1 unspecified atom stereocenters. The van der Waals surface area contributed by atoms with Crippen molar-refractivity contribution in [2.45, 2.75) is 19.4 Å². The third-order valence-electron chi connectivity index (χ3n) is 3.57. The SMILES string of the molecule is CC(=O)Nc1ccc(NC(=O)CC2Oc3ccccc3NC2=O)cc1. The number of hydrogen-bond acceptors (Lipinski definition) is 4. The number of rotatable bonds is 4. The number of carbonyl (C=O) groups excluding carboxylic acids is 3. The molecule has 1 heterocycles. The molecule has 0 aromatic heterocycles. The number of hydrogen-bond donors (Lipinski definition) is 3. The minimum Gasteiger partial charge on any atom is -0.478 e. The lowest BCUT2D eigenvalue weighted by atomic mass is 10.1. The normalized spacial score (nSPS) is 15.4. The second-order valence-corrected chi connectivity index (χ2v) is 5.60. The lowest BCUT2D eigenvalue weighted by Gasteiger charge is -2.25. The second kappa shape index (κ2) is 7.04. The van der Waals surface area contributed by atoms with Crippen LogP contribution in [0.3, 0.4) is 0 Å². The molecule has 3 amide bonds. The highest BCUT2D eigenvalue weighted by Gasteiger charge is 2.29. The van der Waals surface area contributed by atoms with Crippen molar-refractivity contribution in [1.82, 2.24) is 0 Å². The molecular weight excluding hydrogens is 322 g/mol. The maximum Gasteiger partial charge on any atom is 0.266 e. The van der Waals surface area contributed by atoms with E-state index < -0.39 is 6.10 Å². The van der Waals surface area contributed by atoms with Crippen LogP contribution < -0.4 is 20.7 Å². The van der Waals surface area contributed by atoms with Crippen molar-refractivity contribution in [2.24, 2.45) is 0 Å². The molecule has 3 N–H and O–H groups in total. The third-order valence-corrected chi connectivity index (χ3v) is 3.57. The molecule has 25 heavy (non-hydrogen) atoms. The van der Waals surface area contributed by atoms with Gasteiger partial charge in [0.15, 0.2) is 6.10 Å². The van der Waals surface area contributed by atoms with Crippen molar-refractivity contribution in [3.05, 3.63) is 48.5 Å². The summed E-state index contributed by atoms with van der Waals surface area (Å²) < 4.78 is 5.60. The van der Waals surface area contributed by atoms with Gasteiger partial charge in [0.1, 0.15) is 5.75 Å². The Bertz CT molecular complexity index is 817. The first-order chi connectivity index (χ1) is 12.0. The van der Waals surface area contributed by atoms with E-state index in [1.807, 2.05) is 0 Å². The summed E-state index contributed by atoms with van der Waals surface area (Å²) in [7, 11) is 0. The smallest absolute Gasteiger partial charge is 0.266 e. The van der Waals surface area contributed by atoms with Gasteiger partial charge in [-0.05, 0) is 36.4 Å². The van der Waals surface area contributed by atoms with Crippen LogP contribution in [0.5, 0.6) is 5.75 Å². The van der Waals surface area contributed by atoms with E-state index in [9.17, 15) is 14.4 Å². The summed E-state index contributed by atoms with van der Waals surface area (Å²) in [5.41, 5.74) is 1.80. The molecule has 1 atom stereocenters. The van der Waals surface area contributed by atoms with E-state index in [1.165, 1.54) is 6.92 Å². The van der Waals surface area contributed by atoms with Gasteiger partial charge in [0.25, 0.3) is 5.91 Å². The molecule has 0 saturated heterocycles. The molecule has 1 aliphatic rings. The number of anilines is 3. The lowest BCUT2D eigenvalue weighted by molar-refractivity contribution is -0.128. The molecule has 7 nitrogen and oxygen atoms in total. The standard InChI is InChI=1S/C18H17N3O4/c1-11(22)19-12-6-8-13(9-7-12)20-17(23)10-16-18(24)21-14-4-2-3-5-15(14)25-16/h2-9,16H,10H2,1H3,(H,19,22)(H,20,23)(H,21,24). The van der Waals surface area contributed by atoms with Crippen LogP contribution in [0.2, 0.25) is 0 Å². The van der Waals surface area contributed by atoms with Crippen molar-refractivity contribution < 1.29 is 19.1 Å². The molecule has 0 aliphatic carbocycles. The molecule has 2 aromatic rings. The molecule has 128 valence electrons. The van der Waals surface area contributed by atoms with Crippen LogP contribution in [-0.2, 0) is 14.4 Å². The minimum atomic E-state index is -0.881. The predicted molar refractivity (Wildman–Crippen MR) is 93.5 cm³/mol. The highest BCUT2D eigenvalue weighted by Crippen LogP contribution is 2.29. The Labute approximate surface area is 144 Å². The Balaban J connectivity index is 1.59. The van der Waals surface area contributed by atoms with E-state index in [2.05, 4.69) is 16.0 Å². The number of para-hydroxylation sites is 2. The van der Waals surface area contributed by atoms with Gasteiger partial charge >= 0.3 is 0 Å². The summed E-state index contributed by atoms with van der Waals surface area (Å²) in [6.07, 6.45) is -0.985. The van der Waals surface area contributed by atoms with Crippen molar-refractivity contribution >= 4 is 34.8 Å². The van der Waals surface area contributed by atoms with Crippen molar-refractivity contribution in [3.8, 4) is 5.75 Å². The molecule has 0 spiro atoms. The first kappa shape index (κ1) is 16.5. The summed E-state index contributed by atoms with van der Waals surface area (Å²) >= 11 is 0. The summed E-state index contributed by atoms with van der Waals surface area (Å²) in [6.45, 7) is 1.42. The van der Waals surface area contributed by atoms with Gasteiger partial charge in [-0.15, -0.1) is 0 Å². The fourth-order valence-electron chi connectivity index (χ4n) is 2.45. The lowest BCUT2D eigenvalue weighted by Crippen LogP contribution is -2.39. The van der Waals surface area contributed by atoms with Crippen molar-refractivity contribution in [2.75, 3.05) is 16.0 Å². The van der Waals surface area contributed by atoms with Gasteiger partial charge in [-0.2, -0.15) is 0 Å². The van der Waals surface area contributed by atoms with E-state index in [1.54, 1.807) is 48.5 Å². The predicted octanol–water partition coefficient (Wildman–Crippen LogP) is 2.37. The molecule has 0 fully saturated rings. The van der Waals surface area contributed by atoms with Crippen LogP contribution in [0.1, 0.15) is 13.3 Å². The van der Waals surface area contributed by atoms with Crippen LogP contribution in [0.15, 0.2) is 48.5 Å². The maximum absolute atomic E-state index is 12.2. The van der Waals surface area contributed by atoms with Gasteiger partial charge in [0.05, 0.1) is 12.1 Å². The van der Waals surface area contributed by atoms with Crippen LogP contribution in [0.4, 0.5) is 17.1 Å². The van der Waals surface area contributed by atoms with Crippen LogP contribution in [-0.4, -0.2) is 23.8 Å². The van der Waals surface area contributed by atoms with E-state index >= 15 is 0 Å². The van der Waals surface area contributed by atoms with E-state index in [4.69, 9.17) is 4.74 Å². The highest BCUT2D eigenvalue weighted by atomic mass is 16.5. The van der Waals surface area contributed by atoms with Gasteiger partial charge in [-0.1, -0.05) is 12.1 Å². The van der Waals surface area contributed by atoms with Gasteiger partial charge in [0.2, 0.25) is 11.8 Å². The van der Waals surface area contributed by atoms with Crippen molar-refractivity contribution in [1.29, 1.82) is 0 Å². The second-order valence-electron chi connectivity index (χ2n) is 5.60. The fourth-order valence-corrected chi connectivity index (χ4v) is 2.45. The fraction of sp³-hybridized carbons (Fsp3) is 0.167. The van der Waals surface area contributed by atoms with Crippen LogP contribution in [0, 0.1) is 0 Å². The molecule has 7 heteroatoms. The average Bonchev–Trinajstić information content (AvgIpc) is 2.57. The number of nitrogens with one attached hydrogen (secondary N) is 3. The number of carbonyl (C=O) groups is 3. The van der Waals surface area contributed by atoms with Gasteiger partial charge < -0.3 is 20.7 Å². The molecule has 3 rings (SSSR count). The Morgan fingerprint density at radius 2 is 1.68 bits per heavy atom. The van der Waals surface area contributed by atoms with Gasteiger partial charge in [-0.25, -0.2) is 0 Å². The Morgan fingerprint density at radius 3 is 2.36 bits per heavy atom. The zero-order valence-electron chi connectivity index (χ0n) is 13.5. The number of fused-ring (bicyclic) bond motifs is 1. The zero-order chi connectivity index (χ0) is 17.8. The summed E-state index contributed by atoms with van der Waals surface area (Å²) in [6, 6.07) is 13.7. The number of ether oxygens (including phenoxy) is 1. The molecular formula is C18H17N3O4. The summed E-state index contributed by atoms with van der Waals surface area (Å²) in [5, 5.41) is 8.06.